The molecule has 1 fully saturated rings. The number of sulfone groups is 1. The fourth-order valence-electron chi connectivity index (χ4n) is 2.46. The van der Waals surface area contributed by atoms with Gasteiger partial charge in [0, 0.05) is 12.6 Å². The van der Waals surface area contributed by atoms with Gasteiger partial charge in [-0.05, 0) is 19.8 Å². The largest absolute Gasteiger partial charge is 0.480 e. The third-order valence-corrected chi connectivity index (χ3v) is 5.45. The molecule has 7 nitrogen and oxygen atoms in total. The zero-order chi connectivity index (χ0) is 16.0. The van der Waals surface area contributed by atoms with E-state index in [2.05, 4.69) is 5.32 Å². The number of rotatable bonds is 8. The summed E-state index contributed by atoms with van der Waals surface area (Å²) in [6.45, 7) is 3.84. The van der Waals surface area contributed by atoms with Crippen LogP contribution in [-0.2, 0) is 19.4 Å². The molecule has 1 heterocycles. The van der Waals surface area contributed by atoms with Gasteiger partial charge >= 0.3 is 5.97 Å². The summed E-state index contributed by atoms with van der Waals surface area (Å²) in [6.07, 6.45) is 2.19. The molecule has 1 saturated heterocycles. The first-order valence-corrected chi connectivity index (χ1v) is 9.04. The van der Waals surface area contributed by atoms with Crippen molar-refractivity contribution in [2.45, 2.75) is 45.2 Å². The van der Waals surface area contributed by atoms with E-state index in [1.165, 1.54) is 4.90 Å². The lowest BCUT2D eigenvalue weighted by Crippen LogP contribution is -2.52. The topological polar surface area (TPSA) is 104 Å². The molecule has 2 N–H and O–H groups in total. The van der Waals surface area contributed by atoms with Gasteiger partial charge in [0.25, 0.3) is 0 Å². The van der Waals surface area contributed by atoms with E-state index >= 15 is 0 Å². The molecule has 21 heavy (non-hydrogen) atoms. The van der Waals surface area contributed by atoms with E-state index in [4.69, 9.17) is 5.11 Å². The second-order valence-corrected chi connectivity index (χ2v) is 7.67. The fraction of sp³-hybridized carbons (Fsp3) is 0.846. The Morgan fingerprint density at radius 2 is 2.10 bits per heavy atom. The summed E-state index contributed by atoms with van der Waals surface area (Å²) in [6, 6.07) is -1.06. The van der Waals surface area contributed by atoms with Gasteiger partial charge in [-0.3, -0.25) is 14.5 Å². The van der Waals surface area contributed by atoms with E-state index in [0.717, 1.165) is 12.8 Å². The number of amides is 1. The van der Waals surface area contributed by atoms with Crippen LogP contribution < -0.4 is 5.32 Å². The van der Waals surface area contributed by atoms with Gasteiger partial charge in [0.2, 0.25) is 5.91 Å². The number of nitrogens with one attached hydrogen (secondary N) is 1. The highest BCUT2D eigenvalue weighted by atomic mass is 32.2. The Balaban J connectivity index is 2.72. The lowest BCUT2D eigenvalue weighted by Gasteiger charge is -2.31. The van der Waals surface area contributed by atoms with Crippen molar-refractivity contribution in [1.82, 2.24) is 10.2 Å². The van der Waals surface area contributed by atoms with Crippen LogP contribution in [0.3, 0.4) is 0 Å². The maximum atomic E-state index is 12.1. The minimum Gasteiger partial charge on any atom is -0.480 e. The van der Waals surface area contributed by atoms with Gasteiger partial charge in [-0.2, -0.15) is 0 Å². The van der Waals surface area contributed by atoms with Crippen LogP contribution in [0.5, 0.6) is 0 Å². The number of aliphatic carboxylic acids is 1. The highest BCUT2D eigenvalue weighted by Gasteiger charge is 2.37. The van der Waals surface area contributed by atoms with E-state index in [0.29, 0.717) is 13.0 Å². The van der Waals surface area contributed by atoms with Gasteiger partial charge in [0.05, 0.1) is 24.1 Å². The first kappa shape index (κ1) is 17.9. The predicted octanol–water partition coefficient (Wildman–Crippen LogP) is -0.135. The number of carboxylic acids is 1. The number of hydrogen-bond acceptors (Lipinski definition) is 5. The standard InChI is InChI=1S/C13H24N2O5S/c1-3-4-6-14-13(18)10(2)15(8-12(16)17)11-5-7-21(19,20)9-11/h10-11H,3-9H2,1-2H3,(H,14,18)(H,16,17). The number of carbonyl (C=O) groups is 2. The first-order valence-electron chi connectivity index (χ1n) is 7.22. The first-order chi connectivity index (χ1) is 9.76. The lowest BCUT2D eigenvalue weighted by molar-refractivity contribution is -0.140. The molecule has 1 amide bonds. The van der Waals surface area contributed by atoms with Crippen molar-refractivity contribution in [1.29, 1.82) is 0 Å². The quantitative estimate of drug-likeness (QED) is 0.604. The lowest BCUT2D eigenvalue weighted by atomic mass is 10.1. The van der Waals surface area contributed by atoms with Crippen LogP contribution >= 0.6 is 0 Å². The smallest absolute Gasteiger partial charge is 0.317 e. The van der Waals surface area contributed by atoms with Gasteiger partial charge in [-0.25, -0.2) is 8.42 Å². The fourth-order valence-corrected chi connectivity index (χ4v) is 4.20. The maximum absolute atomic E-state index is 12.1. The van der Waals surface area contributed by atoms with Crippen molar-refractivity contribution in [3.63, 3.8) is 0 Å². The van der Waals surface area contributed by atoms with E-state index in [9.17, 15) is 18.0 Å². The van der Waals surface area contributed by atoms with Crippen molar-refractivity contribution in [2.24, 2.45) is 0 Å². The molecule has 1 rings (SSSR count). The van der Waals surface area contributed by atoms with Crippen LogP contribution in [0.15, 0.2) is 0 Å². The summed E-state index contributed by atoms with van der Waals surface area (Å²) in [5.41, 5.74) is 0. The SMILES string of the molecule is CCCCNC(=O)C(C)N(CC(=O)O)C1CCS(=O)(=O)C1. The molecule has 0 bridgehead atoms. The Bertz CT molecular complexity index is 477. The number of unbranched alkanes of at least 4 members (excludes halogenated alkanes) is 1. The average Bonchev–Trinajstić information content (AvgIpc) is 2.75. The molecule has 0 aromatic heterocycles. The second-order valence-electron chi connectivity index (χ2n) is 5.44. The molecule has 122 valence electrons. The predicted molar refractivity (Wildman–Crippen MR) is 78.8 cm³/mol. The summed E-state index contributed by atoms with van der Waals surface area (Å²) in [5.74, 6) is -1.34. The zero-order valence-electron chi connectivity index (χ0n) is 12.5. The third-order valence-electron chi connectivity index (χ3n) is 3.70. The Hall–Kier alpha value is -1.15. The Kier molecular flexibility index (Phi) is 6.60. The van der Waals surface area contributed by atoms with Gasteiger partial charge in [0.15, 0.2) is 9.84 Å². The molecule has 2 unspecified atom stereocenters. The second kappa shape index (κ2) is 7.74. The van der Waals surface area contributed by atoms with Gasteiger partial charge < -0.3 is 10.4 Å². The summed E-state index contributed by atoms with van der Waals surface area (Å²) in [7, 11) is -3.12. The molecule has 2 atom stereocenters. The number of carboxylic acid groups (broad SMARTS) is 1. The van der Waals surface area contributed by atoms with Gasteiger partial charge in [-0.15, -0.1) is 0 Å². The highest BCUT2D eigenvalue weighted by molar-refractivity contribution is 7.91. The molecule has 8 heteroatoms. The van der Waals surface area contributed by atoms with Crippen molar-refractivity contribution in [2.75, 3.05) is 24.6 Å². The molecule has 0 aliphatic carbocycles. The van der Waals surface area contributed by atoms with Crippen LogP contribution in [-0.4, -0.2) is 67.0 Å². The molecule has 0 saturated carbocycles. The minimum absolute atomic E-state index is 0.0535. The average molecular weight is 320 g/mol. The summed E-state index contributed by atoms with van der Waals surface area (Å²) in [4.78, 5) is 24.5. The van der Waals surface area contributed by atoms with Crippen LogP contribution in [0, 0.1) is 0 Å². The van der Waals surface area contributed by atoms with Crippen LogP contribution in [0.2, 0.25) is 0 Å². The summed E-state index contributed by atoms with van der Waals surface area (Å²) < 4.78 is 23.1. The van der Waals surface area contributed by atoms with Crippen molar-refractivity contribution >= 4 is 21.7 Å². The molecule has 0 aromatic rings. The van der Waals surface area contributed by atoms with Crippen molar-refractivity contribution in [3.8, 4) is 0 Å². The molecule has 1 aliphatic rings. The monoisotopic (exact) mass is 320 g/mol. The Morgan fingerprint density at radius 1 is 1.43 bits per heavy atom. The molecular weight excluding hydrogens is 296 g/mol. The van der Waals surface area contributed by atoms with Crippen LogP contribution in [0.1, 0.15) is 33.1 Å². The Morgan fingerprint density at radius 3 is 2.57 bits per heavy atom. The van der Waals surface area contributed by atoms with Crippen LogP contribution in [0.4, 0.5) is 0 Å². The maximum Gasteiger partial charge on any atom is 0.317 e. The molecule has 0 radical (unpaired) electrons. The third kappa shape index (κ3) is 5.62. The van der Waals surface area contributed by atoms with Gasteiger partial charge in [0.1, 0.15) is 0 Å². The molecule has 0 spiro atoms. The van der Waals surface area contributed by atoms with Gasteiger partial charge in [-0.1, -0.05) is 13.3 Å². The Labute approximate surface area is 125 Å². The number of hydrogen-bond donors (Lipinski definition) is 2. The normalized spacial score (nSPS) is 22.1. The van der Waals surface area contributed by atoms with E-state index in [1.807, 2.05) is 6.92 Å². The highest BCUT2D eigenvalue weighted by Crippen LogP contribution is 2.20. The molecular formula is C13H24N2O5S. The van der Waals surface area contributed by atoms with E-state index in [-0.39, 0.29) is 24.0 Å². The van der Waals surface area contributed by atoms with Crippen molar-refractivity contribution < 1.29 is 23.1 Å². The van der Waals surface area contributed by atoms with E-state index < -0.39 is 27.9 Å². The minimum atomic E-state index is -3.12. The summed E-state index contributed by atoms with van der Waals surface area (Å²) in [5, 5.41) is 11.8. The number of carbonyl (C=O) groups excluding carboxylic acids is 1. The molecule has 1 aliphatic heterocycles. The van der Waals surface area contributed by atoms with Crippen molar-refractivity contribution in [3.05, 3.63) is 0 Å². The molecule has 0 aromatic carbocycles. The zero-order valence-corrected chi connectivity index (χ0v) is 13.4. The van der Waals surface area contributed by atoms with Crippen LogP contribution in [0.25, 0.3) is 0 Å². The number of nitrogens with zero attached hydrogens (tertiary/aromatic N) is 1. The van der Waals surface area contributed by atoms with E-state index in [1.54, 1.807) is 6.92 Å². The summed E-state index contributed by atoms with van der Waals surface area (Å²) >= 11 is 0.